The minimum atomic E-state index is 0.0616. The number of hydrogen-bond donors (Lipinski definition) is 0. The number of hydrogen-bond acceptors (Lipinski definition) is 5. The quantitative estimate of drug-likeness (QED) is 0.339. The lowest BCUT2D eigenvalue weighted by atomic mass is 9.88. The van der Waals surface area contributed by atoms with Gasteiger partial charge in [-0.05, 0) is 68.7 Å². The largest absolute Gasteiger partial charge is 0.491 e. The summed E-state index contributed by atoms with van der Waals surface area (Å²) in [7, 11) is 0. The van der Waals surface area contributed by atoms with E-state index in [4.69, 9.17) is 9.72 Å². The van der Waals surface area contributed by atoms with Gasteiger partial charge in [-0.3, -0.25) is 9.78 Å². The first-order valence-corrected chi connectivity index (χ1v) is 12.5. The van der Waals surface area contributed by atoms with Gasteiger partial charge in [0.25, 0.3) is 5.91 Å². The van der Waals surface area contributed by atoms with E-state index < -0.39 is 0 Å². The number of nitrogens with zero attached hydrogens (tertiary/aromatic N) is 4. The van der Waals surface area contributed by atoms with E-state index in [1.54, 1.807) is 12.4 Å². The number of aromatic nitrogens is 3. The van der Waals surface area contributed by atoms with Crippen molar-refractivity contribution in [1.82, 2.24) is 19.9 Å². The third-order valence-corrected chi connectivity index (χ3v) is 6.46. The molecule has 6 heteroatoms. The van der Waals surface area contributed by atoms with Crippen LogP contribution in [0.4, 0.5) is 0 Å². The van der Waals surface area contributed by atoms with Crippen LogP contribution in [0.1, 0.15) is 48.7 Å². The standard InChI is InChI=1S/C30H30N4O2/c1-21(2)36-26-12-10-24(11-13-26)30(35)34-17-14-23(15-18-34)28-27(22-7-4-3-5-8-22)20-32-29(33-28)25-9-6-16-31-19-25/h3-13,16,19-21,23H,14-15,17-18H2,1-2H3. The number of benzene rings is 2. The van der Waals surface area contributed by atoms with E-state index in [0.717, 1.165) is 41.0 Å². The molecule has 0 aliphatic carbocycles. The van der Waals surface area contributed by atoms with E-state index in [0.29, 0.717) is 24.5 Å². The van der Waals surface area contributed by atoms with Crippen molar-refractivity contribution in [3.8, 4) is 28.3 Å². The van der Waals surface area contributed by atoms with Crippen molar-refractivity contribution in [2.24, 2.45) is 0 Å². The molecule has 182 valence electrons. The molecule has 1 aliphatic rings. The van der Waals surface area contributed by atoms with Crippen molar-refractivity contribution < 1.29 is 9.53 Å². The van der Waals surface area contributed by atoms with E-state index in [2.05, 4.69) is 22.1 Å². The third kappa shape index (κ3) is 5.28. The van der Waals surface area contributed by atoms with Crippen molar-refractivity contribution in [2.45, 2.75) is 38.7 Å². The zero-order chi connectivity index (χ0) is 24.9. The topological polar surface area (TPSA) is 68.2 Å². The molecule has 0 saturated carbocycles. The lowest BCUT2D eigenvalue weighted by Crippen LogP contribution is -2.38. The minimum absolute atomic E-state index is 0.0616. The fourth-order valence-corrected chi connectivity index (χ4v) is 4.67. The van der Waals surface area contributed by atoms with E-state index >= 15 is 0 Å². The second-order valence-corrected chi connectivity index (χ2v) is 9.36. The van der Waals surface area contributed by atoms with E-state index in [1.165, 1.54) is 0 Å². The molecule has 1 amide bonds. The molecule has 36 heavy (non-hydrogen) atoms. The molecule has 0 spiro atoms. The molecule has 5 rings (SSSR count). The normalized spacial score (nSPS) is 14.1. The Morgan fingerprint density at radius 2 is 1.64 bits per heavy atom. The Labute approximate surface area is 212 Å². The van der Waals surface area contributed by atoms with Crippen LogP contribution in [-0.4, -0.2) is 45.0 Å². The summed E-state index contributed by atoms with van der Waals surface area (Å²) in [6, 6.07) is 21.6. The minimum Gasteiger partial charge on any atom is -0.491 e. The van der Waals surface area contributed by atoms with Crippen LogP contribution in [0.2, 0.25) is 0 Å². The van der Waals surface area contributed by atoms with E-state index in [1.807, 2.05) is 79.5 Å². The number of pyridine rings is 1. The molecular formula is C30H30N4O2. The van der Waals surface area contributed by atoms with Crippen LogP contribution < -0.4 is 4.74 Å². The fraction of sp³-hybridized carbons (Fsp3) is 0.267. The van der Waals surface area contributed by atoms with Gasteiger partial charge < -0.3 is 9.64 Å². The second-order valence-electron chi connectivity index (χ2n) is 9.36. The molecule has 4 aromatic rings. The molecule has 6 nitrogen and oxygen atoms in total. The Bertz CT molecular complexity index is 1300. The highest BCUT2D eigenvalue weighted by Crippen LogP contribution is 2.35. The van der Waals surface area contributed by atoms with Gasteiger partial charge in [0.15, 0.2) is 5.82 Å². The summed E-state index contributed by atoms with van der Waals surface area (Å²) in [5, 5.41) is 0. The summed E-state index contributed by atoms with van der Waals surface area (Å²) in [6.45, 7) is 5.36. The first kappa shape index (κ1) is 23.7. The lowest BCUT2D eigenvalue weighted by molar-refractivity contribution is 0.0712. The number of likely N-dealkylation sites (tertiary alicyclic amines) is 1. The fourth-order valence-electron chi connectivity index (χ4n) is 4.67. The predicted molar refractivity (Wildman–Crippen MR) is 141 cm³/mol. The molecule has 1 aliphatic heterocycles. The summed E-state index contributed by atoms with van der Waals surface area (Å²) in [6.07, 6.45) is 7.28. The van der Waals surface area contributed by atoms with Gasteiger partial charge in [-0.2, -0.15) is 0 Å². The number of rotatable bonds is 6. The zero-order valence-corrected chi connectivity index (χ0v) is 20.7. The average molecular weight is 479 g/mol. The molecule has 1 saturated heterocycles. The maximum absolute atomic E-state index is 13.2. The molecular weight excluding hydrogens is 448 g/mol. The number of carbonyl (C=O) groups is 1. The summed E-state index contributed by atoms with van der Waals surface area (Å²) in [5.74, 6) is 1.76. The monoisotopic (exact) mass is 478 g/mol. The Morgan fingerprint density at radius 3 is 2.31 bits per heavy atom. The van der Waals surface area contributed by atoms with Crippen LogP contribution in [0.15, 0.2) is 85.3 Å². The van der Waals surface area contributed by atoms with Crippen LogP contribution >= 0.6 is 0 Å². The summed E-state index contributed by atoms with van der Waals surface area (Å²) in [4.78, 5) is 29.0. The first-order chi connectivity index (χ1) is 17.6. The summed E-state index contributed by atoms with van der Waals surface area (Å²) in [5.41, 5.74) is 4.78. The van der Waals surface area contributed by atoms with Crippen LogP contribution in [0, 0.1) is 0 Å². The first-order valence-electron chi connectivity index (χ1n) is 12.5. The number of piperidine rings is 1. The average Bonchev–Trinajstić information content (AvgIpc) is 2.93. The van der Waals surface area contributed by atoms with Crippen molar-refractivity contribution in [1.29, 1.82) is 0 Å². The maximum atomic E-state index is 13.2. The van der Waals surface area contributed by atoms with Crippen molar-refractivity contribution >= 4 is 5.91 Å². The highest BCUT2D eigenvalue weighted by atomic mass is 16.5. The highest BCUT2D eigenvalue weighted by molar-refractivity contribution is 5.94. The maximum Gasteiger partial charge on any atom is 0.253 e. The van der Waals surface area contributed by atoms with Crippen LogP contribution in [0.3, 0.4) is 0 Å². The Morgan fingerprint density at radius 1 is 0.917 bits per heavy atom. The van der Waals surface area contributed by atoms with E-state index in [-0.39, 0.29) is 17.9 Å². The molecule has 1 fully saturated rings. The Balaban J connectivity index is 1.35. The molecule has 0 radical (unpaired) electrons. The van der Waals surface area contributed by atoms with E-state index in [9.17, 15) is 4.79 Å². The van der Waals surface area contributed by atoms with Crippen LogP contribution in [-0.2, 0) is 0 Å². The van der Waals surface area contributed by atoms with Crippen molar-refractivity contribution in [3.63, 3.8) is 0 Å². The lowest BCUT2D eigenvalue weighted by Gasteiger charge is -2.32. The molecule has 2 aromatic carbocycles. The Hall–Kier alpha value is -4.06. The van der Waals surface area contributed by atoms with Crippen LogP contribution in [0.25, 0.3) is 22.5 Å². The van der Waals surface area contributed by atoms with Gasteiger partial charge in [0.1, 0.15) is 5.75 Å². The number of carbonyl (C=O) groups excluding carboxylic acids is 1. The number of amides is 1. The van der Waals surface area contributed by atoms with Gasteiger partial charge in [-0.15, -0.1) is 0 Å². The molecule has 0 atom stereocenters. The molecule has 3 heterocycles. The van der Waals surface area contributed by atoms with Gasteiger partial charge in [-0.1, -0.05) is 30.3 Å². The zero-order valence-electron chi connectivity index (χ0n) is 20.7. The van der Waals surface area contributed by atoms with Gasteiger partial charge >= 0.3 is 0 Å². The highest BCUT2D eigenvalue weighted by Gasteiger charge is 2.28. The molecule has 2 aromatic heterocycles. The third-order valence-electron chi connectivity index (χ3n) is 6.46. The summed E-state index contributed by atoms with van der Waals surface area (Å²) < 4.78 is 5.71. The SMILES string of the molecule is CC(C)Oc1ccc(C(=O)N2CCC(c3nc(-c4cccnc4)ncc3-c3ccccc3)CC2)cc1. The van der Waals surface area contributed by atoms with Crippen molar-refractivity contribution in [3.05, 3.63) is 96.6 Å². The molecule has 0 bridgehead atoms. The van der Waals surface area contributed by atoms with Gasteiger partial charge in [0.05, 0.1) is 11.8 Å². The number of ether oxygens (including phenoxy) is 1. The van der Waals surface area contributed by atoms with Gasteiger partial charge in [-0.25, -0.2) is 9.97 Å². The molecule has 0 N–H and O–H groups in total. The smallest absolute Gasteiger partial charge is 0.253 e. The van der Waals surface area contributed by atoms with Gasteiger partial charge in [0, 0.05) is 54.3 Å². The van der Waals surface area contributed by atoms with Gasteiger partial charge in [0.2, 0.25) is 0 Å². The van der Waals surface area contributed by atoms with Crippen molar-refractivity contribution in [2.75, 3.05) is 13.1 Å². The second kappa shape index (κ2) is 10.7. The predicted octanol–water partition coefficient (Wildman–Crippen LogP) is 6.01. The molecule has 0 unspecified atom stereocenters. The summed E-state index contributed by atoms with van der Waals surface area (Å²) >= 11 is 0. The Kier molecular flexibility index (Phi) is 7.03. The van der Waals surface area contributed by atoms with Crippen LogP contribution in [0.5, 0.6) is 5.75 Å².